The molecule has 0 atom stereocenters. The Bertz CT molecular complexity index is 1330. The van der Waals surface area contributed by atoms with E-state index in [0.717, 1.165) is 35.8 Å². The van der Waals surface area contributed by atoms with E-state index in [1.807, 2.05) is 0 Å². The average molecular weight is 516 g/mol. The van der Waals surface area contributed by atoms with E-state index in [1.165, 1.54) is 18.3 Å². The molecule has 4 rings (SSSR count). The third-order valence-electron chi connectivity index (χ3n) is 6.27. The summed E-state index contributed by atoms with van der Waals surface area (Å²) in [5.41, 5.74) is 1.29. The summed E-state index contributed by atoms with van der Waals surface area (Å²) in [6.45, 7) is 0.262. The first kappa shape index (κ1) is 25.5. The Labute approximate surface area is 208 Å². The van der Waals surface area contributed by atoms with Gasteiger partial charge in [0, 0.05) is 32.1 Å². The number of urea groups is 1. The summed E-state index contributed by atoms with van der Waals surface area (Å²) in [5.74, 6) is -0.190. The minimum atomic E-state index is -4.02. The number of amides is 3. The molecule has 1 aromatic carbocycles. The number of ether oxygens (including phenoxy) is 1. The Hall–Kier alpha value is -3.64. The van der Waals surface area contributed by atoms with Gasteiger partial charge >= 0.3 is 12.1 Å². The Kier molecular flexibility index (Phi) is 7.75. The number of sulfonamides is 1. The quantitative estimate of drug-likeness (QED) is 0.377. The zero-order valence-electron chi connectivity index (χ0n) is 19.8. The highest BCUT2D eigenvalue weighted by Gasteiger charge is 2.24. The fourth-order valence-electron chi connectivity index (χ4n) is 4.25. The van der Waals surface area contributed by atoms with Gasteiger partial charge in [-0.3, -0.25) is 4.98 Å². The molecule has 11 nitrogen and oxygen atoms in total. The molecule has 0 aliphatic heterocycles. The van der Waals surface area contributed by atoms with E-state index >= 15 is 0 Å². The lowest BCUT2D eigenvalue weighted by atomic mass is 9.93. The van der Waals surface area contributed by atoms with Crippen molar-refractivity contribution in [1.82, 2.24) is 24.9 Å². The molecule has 3 aromatic rings. The molecule has 0 unspecified atom stereocenters. The van der Waals surface area contributed by atoms with E-state index in [1.54, 1.807) is 37.6 Å². The van der Waals surface area contributed by atoms with E-state index < -0.39 is 22.1 Å². The highest BCUT2D eigenvalue weighted by molar-refractivity contribution is 7.90. The minimum Gasteiger partial charge on any atom is -0.494 e. The van der Waals surface area contributed by atoms with Crippen LogP contribution in [-0.2, 0) is 21.2 Å². The van der Waals surface area contributed by atoms with E-state index in [4.69, 9.17) is 4.74 Å². The number of rotatable bonds is 7. The third kappa shape index (κ3) is 5.94. The van der Waals surface area contributed by atoms with Crippen molar-refractivity contribution in [3.63, 3.8) is 0 Å². The molecule has 0 spiro atoms. The van der Waals surface area contributed by atoms with Crippen LogP contribution in [-0.4, -0.2) is 60.9 Å². The molecule has 12 heteroatoms. The molecule has 192 valence electrons. The van der Waals surface area contributed by atoms with E-state index in [9.17, 15) is 23.1 Å². The van der Waals surface area contributed by atoms with Crippen LogP contribution in [0.3, 0.4) is 0 Å². The van der Waals surface area contributed by atoms with Crippen LogP contribution in [0.15, 0.2) is 53.7 Å². The van der Waals surface area contributed by atoms with Crippen molar-refractivity contribution in [1.29, 1.82) is 0 Å². The van der Waals surface area contributed by atoms with Crippen LogP contribution in [0.1, 0.15) is 31.2 Å². The molecule has 1 fully saturated rings. The zero-order valence-corrected chi connectivity index (χ0v) is 20.6. The molecular weight excluding hydrogens is 486 g/mol. The van der Waals surface area contributed by atoms with Crippen molar-refractivity contribution in [3.8, 4) is 5.88 Å². The van der Waals surface area contributed by atoms with Gasteiger partial charge in [0.05, 0.1) is 21.9 Å². The van der Waals surface area contributed by atoms with Crippen LogP contribution in [0, 0.1) is 0 Å². The summed E-state index contributed by atoms with van der Waals surface area (Å²) in [6.07, 6.45) is 6.73. The predicted octanol–water partition coefficient (Wildman–Crippen LogP) is 2.49. The molecule has 1 saturated carbocycles. The van der Waals surface area contributed by atoms with Gasteiger partial charge in [-0.25, -0.2) is 27.3 Å². The fourth-order valence-corrected chi connectivity index (χ4v) is 5.17. The van der Waals surface area contributed by atoms with Gasteiger partial charge in [-0.1, -0.05) is 12.1 Å². The Morgan fingerprint density at radius 1 is 1.14 bits per heavy atom. The second kappa shape index (κ2) is 11.0. The number of nitrogens with zero attached hydrogens (tertiary/aromatic N) is 2. The van der Waals surface area contributed by atoms with Gasteiger partial charge in [-0.05, 0) is 61.9 Å². The van der Waals surface area contributed by atoms with Crippen molar-refractivity contribution < 1.29 is 27.9 Å². The summed E-state index contributed by atoms with van der Waals surface area (Å²) in [6, 6.07) is 8.06. The van der Waals surface area contributed by atoms with Gasteiger partial charge in [0.15, 0.2) is 0 Å². The SMILES string of the molecule is COC1CCC(NC(=O)NS(=O)(=O)c2ccc(CCNC(=O)n3cc4ncccc4c3O)cc2)CC1. The maximum absolute atomic E-state index is 12.6. The van der Waals surface area contributed by atoms with Crippen LogP contribution in [0.5, 0.6) is 5.88 Å². The topological polar surface area (TPSA) is 152 Å². The molecule has 1 aliphatic carbocycles. The van der Waals surface area contributed by atoms with E-state index in [-0.39, 0.29) is 29.5 Å². The van der Waals surface area contributed by atoms with E-state index in [0.29, 0.717) is 17.3 Å². The lowest BCUT2D eigenvalue weighted by Crippen LogP contribution is -2.46. The normalized spacial score (nSPS) is 18.0. The fraction of sp³-hybridized carbons (Fsp3) is 0.375. The van der Waals surface area contributed by atoms with Crippen LogP contribution < -0.4 is 15.4 Å². The summed E-state index contributed by atoms with van der Waals surface area (Å²) in [4.78, 5) is 28.7. The number of methoxy groups -OCH3 is 1. The molecule has 0 saturated heterocycles. The third-order valence-corrected chi connectivity index (χ3v) is 7.62. The van der Waals surface area contributed by atoms with Crippen molar-refractivity contribution in [2.24, 2.45) is 0 Å². The van der Waals surface area contributed by atoms with Gasteiger partial charge in [-0.15, -0.1) is 0 Å². The molecule has 36 heavy (non-hydrogen) atoms. The Morgan fingerprint density at radius 2 is 1.86 bits per heavy atom. The van der Waals surface area contributed by atoms with E-state index in [2.05, 4.69) is 20.3 Å². The predicted molar refractivity (Wildman–Crippen MR) is 132 cm³/mol. The molecule has 1 aliphatic rings. The number of pyridine rings is 1. The van der Waals surface area contributed by atoms with Crippen molar-refractivity contribution in [3.05, 3.63) is 54.4 Å². The van der Waals surface area contributed by atoms with Crippen LogP contribution in [0.2, 0.25) is 0 Å². The number of carbonyl (C=O) groups is 2. The summed E-state index contributed by atoms with van der Waals surface area (Å²) in [5, 5.41) is 16.1. The Morgan fingerprint density at radius 3 is 2.53 bits per heavy atom. The second-order valence-electron chi connectivity index (χ2n) is 8.67. The highest BCUT2D eigenvalue weighted by Crippen LogP contribution is 2.24. The van der Waals surface area contributed by atoms with Gasteiger partial charge < -0.3 is 20.5 Å². The average Bonchev–Trinajstić information content (AvgIpc) is 3.21. The van der Waals surface area contributed by atoms with Gasteiger partial charge in [0.2, 0.25) is 5.88 Å². The monoisotopic (exact) mass is 515 g/mol. The van der Waals surface area contributed by atoms with Gasteiger partial charge in [0.1, 0.15) is 0 Å². The lowest BCUT2D eigenvalue weighted by Gasteiger charge is -2.28. The number of hydrogen-bond donors (Lipinski definition) is 4. The van der Waals surface area contributed by atoms with Crippen LogP contribution in [0.4, 0.5) is 9.59 Å². The number of nitrogens with one attached hydrogen (secondary N) is 3. The minimum absolute atomic E-state index is 0.0371. The van der Waals surface area contributed by atoms with Crippen molar-refractivity contribution in [2.75, 3.05) is 13.7 Å². The maximum atomic E-state index is 12.6. The smallest absolute Gasteiger partial charge is 0.328 e. The first-order valence-corrected chi connectivity index (χ1v) is 13.1. The lowest BCUT2D eigenvalue weighted by molar-refractivity contribution is 0.0636. The summed E-state index contributed by atoms with van der Waals surface area (Å²) < 4.78 is 33.6. The number of aromatic hydroxyl groups is 1. The molecule has 4 N–H and O–H groups in total. The first-order chi connectivity index (χ1) is 17.3. The number of benzene rings is 1. The molecule has 2 heterocycles. The second-order valence-corrected chi connectivity index (χ2v) is 10.4. The van der Waals surface area contributed by atoms with Crippen LogP contribution in [0.25, 0.3) is 10.9 Å². The van der Waals surface area contributed by atoms with Gasteiger partial charge in [0.25, 0.3) is 10.0 Å². The molecule has 0 bridgehead atoms. The maximum Gasteiger partial charge on any atom is 0.328 e. The number of carbonyl (C=O) groups excluding carboxylic acids is 2. The largest absolute Gasteiger partial charge is 0.494 e. The standard InChI is InChI=1S/C24H29N5O6S/c1-35-18-8-6-17(7-9-18)27-23(31)28-36(33,34)19-10-4-16(5-11-19)12-14-26-24(32)29-15-21-20(22(29)30)3-2-13-25-21/h2-5,10-11,13,15,17-18,30H,6-9,12,14H2,1H3,(H,26,32)(H2,27,28,31). The van der Waals surface area contributed by atoms with Crippen LogP contribution >= 0.6 is 0 Å². The zero-order chi connectivity index (χ0) is 25.7. The highest BCUT2D eigenvalue weighted by atomic mass is 32.2. The van der Waals surface area contributed by atoms with Crippen molar-refractivity contribution in [2.45, 2.75) is 49.1 Å². The number of hydrogen-bond acceptors (Lipinski definition) is 7. The molecular formula is C24H29N5O6S. The van der Waals surface area contributed by atoms with Gasteiger partial charge in [-0.2, -0.15) is 0 Å². The Balaban J connectivity index is 1.27. The molecule has 3 amide bonds. The first-order valence-electron chi connectivity index (χ1n) is 11.6. The number of aromatic nitrogens is 2. The number of fused-ring (bicyclic) bond motifs is 1. The van der Waals surface area contributed by atoms with Crippen molar-refractivity contribution >= 4 is 33.0 Å². The summed E-state index contributed by atoms with van der Waals surface area (Å²) in [7, 11) is -2.36. The molecule has 2 aromatic heterocycles. The summed E-state index contributed by atoms with van der Waals surface area (Å²) >= 11 is 0. The molecule has 0 radical (unpaired) electrons.